The van der Waals surface area contributed by atoms with Gasteiger partial charge in [-0.3, -0.25) is 14.5 Å². The Kier molecular flexibility index (Phi) is 8.75. The summed E-state index contributed by atoms with van der Waals surface area (Å²) in [5, 5.41) is 22.3. The molecule has 42 heavy (non-hydrogen) atoms. The van der Waals surface area contributed by atoms with E-state index in [1.807, 2.05) is 24.3 Å². The highest BCUT2D eigenvalue weighted by molar-refractivity contribution is 6.02. The second-order valence-corrected chi connectivity index (χ2v) is 10.2. The molecule has 0 spiro atoms. The van der Waals surface area contributed by atoms with Gasteiger partial charge in [-0.1, -0.05) is 42.7 Å². The molecule has 2 amide bonds. The number of nitrogens with one attached hydrogen (secondary N) is 1. The molecule has 2 N–H and O–H groups in total. The predicted octanol–water partition coefficient (Wildman–Crippen LogP) is 4.39. The maximum Gasteiger partial charge on any atom is 0.249 e. The van der Waals surface area contributed by atoms with Gasteiger partial charge >= 0.3 is 0 Å². The van der Waals surface area contributed by atoms with Crippen LogP contribution in [0.2, 0.25) is 0 Å². The number of aromatic hydroxyl groups is 1. The van der Waals surface area contributed by atoms with Crippen LogP contribution < -0.4 is 24.4 Å². The number of benzene rings is 3. The topological polar surface area (TPSA) is 128 Å². The molecule has 3 aromatic carbocycles. The van der Waals surface area contributed by atoms with Gasteiger partial charge in [0.1, 0.15) is 29.6 Å². The highest BCUT2D eigenvalue weighted by Crippen LogP contribution is 2.37. The maximum absolute atomic E-state index is 14.4. The Morgan fingerprint density at radius 2 is 1.69 bits per heavy atom. The third-order valence-electron chi connectivity index (χ3n) is 7.57. The van der Waals surface area contributed by atoms with Crippen LogP contribution >= 0.6 is 0 Å². The third-order valence-corrected chi connectivity index (χ3v) is 7.57. The van der Waals surface area contributed by atoms with Crippen molar-refractivity contribution in [2.45, 2.75) is 50.7 Å². The lowest BCUT2D eigenvalue weighted by atomic mass is 9.94. The molecule has 1 fully saturated rings. The van der Waals surface area contributed by atoms with Gasteiger partial charge in [-0.15, -0.1) is 5.10 Å². The third kappa shape index (κ3) is 6.09. The van der Waals surface area contributed by atoms with Crippen LogP contribution in [0.15, 0.2) is 60.7 Å². The number of phenolic OH excluding ortho intramolecular Hbond substituents is 1. The van der Waals surface area contributed by atoms with Gasteiger partial charge in [0.05, 0.1) is 32.5 Å². The summed E-state index contributed by atoms with van der Waals surface area (Å²) in [5.41, 5.74) is 2.10. The minimum Gasteiger partial charge on any atom is -0.504 e. The number of amides is 2. The average molecular weight is 574 g/mol. The van der Waals surface area contributed by atoms with E-state index in [1.165, 1.54) is 37.0 Å². The SMILES string of the molecule is COc1cc(OC)cc(N(C(=O)Cn2nnc3ccccc32)[C@H](C(=O)NC2CCCCC2)c2ccc(OC)c(O)c2)c1. The van der Waals surface area contributed by atoms with Crippen molar-refractivity contribution in [1.29, 1.82) is 0 Å². The number of ether oxygens (including phenoxy) is 3. The van der Waals surface area contributed by atoms with E-state index in [-0.39, 0.29) is 30.0 Å². The molecule has 1 saturated carbocycles. The van der Waals surface area contributed by atoms with Gasteiger partial charge in [0.15, 0.2) is 11.5 Å². The summed E-state index contributed by atoms with van der Waals surface area (Å²) in [6.07, 6.45) is 4.89. The lowest BCUT2D eigenvalue weighted by Gasteiger charge is -2.34. The number of hydrogen-bond donors (Lipinski definition) is 2. The first-order valence-corrected chi connectivity index (χ1v) is 13.9. The Hall–Kier alpha value is -4.80. The Balaban J connectivity index is 1.64. The zero-order chi connectivity index (χ0) is 29.6. The fourth-order valence-electron chi connectivity index (χ4n) is 5.43. The van der Waals surface area contributed by atoms with Crippen LogP contribution in [0.5, 0.6) is 23.0 Å². The second kappa shape index (κ2) is 12.8. The monoisotopic (exact) mass is 573 g/mol. The van der Waals surface area contributed by atoms with E-state index in [9.17, 15) is 14.7 Å². The summed E-state index contributed by atoms with van der Waals surface area (Å²) in [7, 11) is 4.48. The van der Waals surface area contributed by atoms with Crippen molar-refractivity contribution in [2.75, 3.05) is 26.2 Å². The fourth-order valence-corrected chi connectivity index (χ4v) is 5.43. The number of phenols is 1. The normalized spacial score (nSPS) is 14.3. The first-order chi connectivity index (χ1) is 20.4. The fraction of sp³-hybridized carbons (Fsp3) is 0.355. The largest absolute Gasteiger partial charge is 0.504 e. The van der Waals surface area contributed by atoms with E-state index in [0.29, 0.717) is 33.8 Å². The number of aromatic nitrogens is 3. The van der Waals surface area contributed by atoms with Crippen molar-refractivity contribution >= 4 is 28.5 Å². The molecule has 1 aliphatic rings. The first-order valence-electron chi connectivity index (χ1n) is 13.9. The van der Waals surface area contributed by atoms with Gasteiger partial charge in [0.25, 0.3) is 0 Å². The molecule has 4 aromatic rings. The summed E-state index contributed by atoms with van der Waals surface area (Å²) >= 11 is 0. The smallest absolute Gasteiger partial charge is 0.249 e. The van der Waals surface area contributed by atoms with Crippen molar-refractivity contribution < 1.29 is 28.9 Å². The summed E-state index contributed by atoms with van der Waals surface area (Å²) in [5.74, 6) is 0.184. The van der Waals surface area contributed by atoms with Crippen LogP contribution in [0.4, 0.5) is 5.69 Å². The zero-order valence-electron chi connectivity index (χ0n) is 23.9. The molecule has 1 aromatic heterocycles. The van der Waals surface area contributed by atoms with E-state index >= 15 is 0 Å². The van der Waals surface area contributed by atoms with Crippen molar-refractivity contribution in [2.24, 2.45) is 0 Å². The summed E-state index contributed by atoms with van der Waals surface area (Å²) in [4.78, 5) is 30.0. The van der Waals surface area contributed by atoms with Crippen LogP contribution in [0, 0.1) is 0 Å². The number of anilines is 1. The lowest BCUT2D eigenvalue weighted by molar-refractivity contribution is -0.127. The number of carbonyl (C=O) groups is 2. The number of methoxy groups -OCH3 is 3. The van der Waals surface area contributed by atoms with Gasteiger partial charge in [-0.05, 0) is 42.7 Å². The standard InChI is InChI=1S/C31H35N5O6/c1-40-23-16-22(17-24(18-23)41-2)36(29(38)19-35-26-12-8-7-11-25(26)33-34-35)30(20-13-14-28(42-3)27(37)15-20)31(39)32-21-9-5-4-6-10-21/h7-8,11-18,21,30,37H,4-6,9-10,19H2,1-3H3,(H,32,39)/t30-/m0/s1. The lowest BCUT2D eigenvalue weighted by Crippen LogP contribution is -2.48. The number of fused-ring (bicyclic) bond motifs is 1. The van der Waals surface area contributed by atoms with E-state index in [4.69, 9.17) is 14.2 Å². The molecule has 1 aliphatic carbocycles. The molecule has 11 nitrogen and oxygen atoms in total. The van der Waals surface area contributed by atoms with Crippen LogP contribution in [-0.4, -0.2) is 59.3 Å². The maximum atomic E-state index is 14.4. The predicted molar refractivity (Wildman–Crippen MR) is 157 cm³/mol. The number of nitrogens with zero attached hydrogens (tertiary/aromatic N) is 4. The van der Waals surface area contributed by atoms with E-state index < -0.39 is 11.9 Å². The Morgan fingerprint density at radius 3 is 2.36 bits per heavy atom. The minimum atomic E-state index is -1.15. The van der Waals surface area contributed by atoms with Gasteiger partial charge in [-0.25, -0.2) is 4.68 Å². The average Bonchev–Trinajstić information content (AvgIpc) is 3.42. The molecule has 0 radical (unpaired) electrons. The van der Waals surface area contributed by atoms with Crippen molar-refractivity contribution in [3.05, 3.63) is 66.2 Å². The molecule has 5 rings (SSSR count). The van der Waals surface area contributed by atoms with Crippen LogP contribution in [-0.2, 0) is 16.1 Å². The molecular weight excluding hydrogens is 538 g/mol. The number of rotatable bonds is 10. The Bertz CT molecular complexity index is 1540. The van der Waals surface area contributed by atoms with Crippen LogP contribution in [0.1, 0.15) is 43.7 Å². The molecule has 220 valence electrons. The number of para-hydroxylation sites is 1. The Morgan fingerprint density at radius 1 is 0.976 bits per heavy atom. The van der Waals surface area contributed by atoms with Crippen molar-refractivity contribution in [3.63, 3.8) is 0 Å². The quantitative estimate of drug-likeness (QED) is 0.286. The number of hydrogen-bond acceptors (Lipinski definition) is 8. The molecule has 0 aliphatic heterocycles. The van der Waals surface area contributed by atoms with Gasteiger partial charge in [0.2, 0.25) is 11.8 Å². The van der Waals surface area contributed by atoms with Crippen molar-refractivity contribution in [3.8, 4) is 23.0 Å². The van der Waals surface area contributed by atoms with Gasteiger partial charge in [0, 0.05) is 24.2 Å². The molecule has 0 unspecified atom stereocenters. The number of carbonyl (C=O) groups excluding carboxylic acids is 2. The summed E-state index contributed by atoms with van der Waals surface area (Å²) in [6.45, 7) is -0.199. The van der Waals surface area contributed by atoms with Crippen LogP contribution in [0.3, 0.4) is 0 Å². The summed E-state index contributed by atoms with van der Waals surface area (Å²) < 4.78 is 17.8. The molecule has 11 heteroatoms. The van der Waals surface area contributed by atoms with Crippen molar-refractivity contribution in [1.82, 2.24) is 20.3 Å². The molecule has 0 saturated heterocycles. The zero-order valence-corrected chi connectivity index (χ0v) is 23.9. The van der Waals surface area contributed by atoms with E-state index in [2.05, 4.69) is 15.6 Å². The highest BCUT2D eigenvalue weighted by Gasteiger charge is 2.35. The molecular formula is C31H35N5O6. The van der Waals surface area contributed by atoms with Gasteiger partial charge in [-0.2, -0.15) is 0 Å². The highest BCUT2D eigenvalue weighted by atomic mass is 16.5. The van der Waals surface area contributed by atoms with Gasteiger partial charge < -0.3 is 24.6 Å². The Labute approximate surface area is 244 Å². The van der Waals surface area contributed by atoms with E-state index in [0.717, 1.165) is 32.1 Å². The first kappa shape index (κ1) is 28.7. The van der Waals surface area contributed by atoms with Crippen LogP contribution in [0.25, 0.3) is 11.0 Å². The molecule has 1 atom stereocenters. The van der Waals surface area contributed by atoms with E-state index in [1.54, 1.807) is 30.3 Å². The molecule has 0 bridgehead atoms. The second-order valence-electron chi connectivity index (χ2n) is 10.2. The molecule has 1 heterocycles. The minimum absolute atomic E-state index is 0.0170. The summed E-state index contributed by atoms with van der Waals surface area (Å²) in [6, 6.07) is 15.9.